The van der Waals surface area contributed by atoms with Crippen LogP contribution in [0.25, 0.3) is 0 Å². The van der Waals surface area contributed by atoms with Crippen LogP contribution in [0.1, 0.15) is 45.3 Å². The Morgan fingerprint density at radius 2 is 1.60 bits per heavy atom. The number of hydrogen-bond acceptors (Lipinski definition) is 1. The Kier molecular flexibility index (Phi) is 4.83. The highest BCUT2D eigenvalue weighted by Crippen LogP contribution is 2.31. The van der Waals surface area contributed by atoms with E-state index in [9.17, 15) is 5.11 Å². The average molecular weight is 206 g/mol. The number of hydrogen-bond donors (Lipinski definition) is 1. The van der Waals surface area contributed by atoms with Gasteiger partial charge >= 0.3 is 0 Å². The van der Waals surface area contributed by atoms with Crippen LogP contribution in [-0.2, 0) is 0 Å². The van der Waals surface area contributed by atoms with Crippen LogP contribution in [0.4, 0.5) is 0 Å². The molecule has 0 aromatic heterocycles. The number of aliphatic hydroxyl groups excluding tert-OH is 1. The molecule has 2 atom stereocenters. The molecule has 1 aromatic carbocycles. The molecule has 1 rings (SSSR count). The maximum Gasteiger partial charge on any atom is 0.0818 e. The smallest absolute Gasteiger partial charge is 0.0818 e. The summed E-state index contributed by atoms with van der Waals surface area (Å²) in [5.41, 5.74) is 1.04. The van der Waals surface area contributed by atoms with Crippen molar-refractivity contribution >= 4 is 0 Å². The highest BCUT2D eigenvalue weighted by molar-refractivity contribution is 5.17. The second kappa shape index (κ2) is 5.92. The van der Waals surface area contributed by atoms with E-state index in [1.807, 2.05) is 30.3 Å². The molecule has 0 saturated heterocycles. The quantitative estimate of drug-likeness (QED) is 0.777. The summed E-state index contributed by atoms with van der Waals surface area (Å²) < 4.78 is 0. The Morgan fingerprint density at radius 1 is 1.07 bits per heavy atom. The molecule has 0 bridgehead atoms. The molecule has 0 amide bonds. The molecular weight excluding hydrogens is 184 g/mol. The van der Waals surface area contributed by atoms with E-state index in [4.69, 9.17) is 0 Å². The van der Waals surface area contributed by atoms with Crippen LogP contribution in [0.3, 0.4) is 0 Å². The summed E-state index contributed by atoms with van der Waals surface area (Å²) >= 11 is 0. The van der Waals surface area contributed by atoms with Crippen molar-refractivity contribution in [1.29, 1.82) is 0 Å². The van der Waals surface area contributed by atoms with Gasteiger partial charge < -0.3 is 5.11 Å². The third-order valence-electron chi connectivity index (χ3n) is 3.43. The fraction of sp³-hybridized carbons (Fsp3) is 0.571. The molecule has 0 spiro atoms. The van der Waals surface area contributed by atoms with Gasteiger partial charge in [0.05, 0.1) is 6.10 Å². The van der Waals surface area contributed by atoms with Crippen molar-refractivity contribution in [3.63, 3.8) is 0 Å². The monoisotopic (exact) mass is 206 g/mol. The predicted octanol–water partition coefficient (Wildman–Crippen LogP) is 3.79. The van der Waals surface area contributed by atoms with Crippen molar-refractivity contribution in [3.05, 3.63) is 35.9 Å². The van der Waals surface area contributed by atoms with E-state index >= 15 is 0 Å². The first-order valence-corrected chi connectivity index (χ1v) is 5.93. The second-order valence-corrected chi connectivity index (χ2v) is 4.29. The minimum Gasteiger partial charge on any atom is -0.388 e. The standard InChI is InChI=1S/C14H22O/c1-4-12(5-2)11(3)14(15)13-9-7-6-8-10-13/h6-12,14-15H,4-5H2,1-3H3. The summed E-state index contributed by atoms with van der Waals surface area (Å²) in [4.78, 5) is 0. The molecule has 0 aliphatic heterocycles. The number of aliphatic hydroxyl groups is 1. The van der Waals surface area contributed by atoms with Crippen molar-refractivity contribution in [2.24, 2.45) is 11.8 Å². The maximum absolute atomic E-state index is 10.2. The van der Waals surface area contributed by atoms with Gasteiger partial charge in [0, 0.05) is 0 Å². The molecule has 0 aliphatic carbocycles. The van der Waals surface area contributed by atoms with Gasteiger partial charge in [-0.2, -0.15) is 0 Å². The van der Waals surface area contributed by atoms with E-state index in [-0.39, 0.29) is 6.10 Å². The van der Waals surface area contributed by atoms with Crippen LogP contribution in [0.15, 0.2) is 30.3 Å². The summed E-state index contributed by atoms with van der Waals surface area (Å²) in [6.07, 6.45) is 1.96. The van der Waals surface area contributed by atoms with Crippen LogP contribution in [0.5, 0.6) is 0 Å². The lowest BCUT2D eigenvalue weighted by molar-refractivity contribution is 0.0792. The molecule has 0 radical (unpaired) electrons. The second-order valence-electron chi connectivity index (χ2n) is 4.29. The molecule has 0 saturated carbocycles. The van der Waals surface area contributed by atoms with Gasteiger partial charge in [-0.3, -0.25) is 0 Å². The van der Waals surface area contributed by atoms with Crippen molar-refractivity contribution in [1.82, 2.24) is 0 Å². The molecule has 0 fully saturated rings. The van der Waals surface area contributed by atoms with E-state index in [2.05, 4.69) is 20.8 Å². The third-order valence-corrected chi connectivity index (χ3v) is 3.43. The van der Waals surface area contributed by atoms with E-state index < -0.39 is 0 Å². The van der Waals surface area contributed by atoms with Crippen molar-refractivity contribution in [2.45, 2.75) is 39.7 Å². The third kappa shape index (κ3) is 3.07. The molecule has 1 aromatic rings. The van der Waals surface area contributed by atoms with E-state index in [1.165, 1.54) is 0 Å². The molecular formula is C14H22O. The maximum atomic E-state index is 10.2. The minimum atomic E-state index is -0.323. The minimum absolute atomic E-state index is 0.323. The van der Waals surface area contributed by atoms with E-state index in [0.29, 0.717) is 11.8 Å². The van der Waals surface area contributed by atoms with Gasteiger partial charge in [-0.15, -0.1) is 0 Å². The Hall–Kier alpha value is -0.820. The molecule has 15 heavy (non-hydrogen) atoms. The first-order valence-electron chi connectivity index (χ1n) is 5.93. The lowest BCUT2D eigenvalue weighted by Crippen LogP contribution is -2.18. The number of rotatable bonds is 5. The van der Waals surface area contributed by atoms with Gasteiger partial charge in [0.25, 0.3) is 0 Å². The molecule has 0 aliphatic rings. The van der Waals surface area contributed by atoms with Crippen LogP contribution in [-0.4, -0.2) is 5.11 Å². The highest BCUT2D eigenvalue weighted by atomic mass is 16.3. The summed E-state index contributed by atoms with van der Waals surface area (Å²) in [6, 6.07) is 9.96. The van der Waals surface area contributed by atoms with Gasteiger partial charge in [0.1, 0.15) is 0 Å². The molecule has 1 heteroatoms. The zero-order valence-electron chi connectivity index (χ0n) is 9.98. The Labute approximate surface area is 93.1 Å². The first kappa shape index (κ1) is 12.3. The predicted molar refractivity (Wildman–Crippen MR) is 64.6 cm³/mol. The fourth-order valence-corrected chi connectivity index (χ4v) is 2.24. The summed E-state index contributed by atoms with van der Waals surface area (Å²) in [5.74, 6) is 0.947. The summed E-state index contributed by atoms with van der Waals surface area (Å²) in [6.45, 7) is 6.54. The largest absolute Gasteiger partial charge is 0.388 e. The lowest BCUT2D eigenvalue weighted by Gasteiger charge is -2.26. The van der Waals surface area contributed by atoms with Gasteiger partial charge in [-0.05, 0) is 17.4 Å². The summed E-state index contributed by atoms with van der Waals surface area (Å²) in [5, 5.41) is 10.2. The number of benzene rings is 1. The van der Waals surface area contributed by atoms with Gasteiger partial charge in [0.15, 0.2) is 0 Å². The molecule has 1 nitrogen and oxygen atoms in total. The van der Waals surface area contributed by atoms with E-state index in [1.54, 1.807) is 0 Å². The zero-order chi connectivity index (χ0) is 11.3. The van der Waals surface area contributed by atoms with Crippen molar-refractivity contribution in [3.8, 4) is 0 Å². The average Bonchev–Trinajstić information content (AvgIpc) is 2.30. The topological polar surface area (TPSA) is 20.2 Å². The van der Waals surface area contributed by atoms with Crippen LogP contribution in [0, 0.1) is 11.8 Å². The SMILES string of the molecule is CCC(CC)C(C)C(O)c1ccccc1. The molecule has 1 N–H and O–H groups in total. The van der Waals surface area contributed by atoms with Crippen LogP contribution < -0.4 is 0 Å². The lowest BCUT2D eigenvalue weighted by atomic mass is 9.83. The van der Waals surface area contributed by atoms with Crippen molar-refractivity contribution < 1.29 is 5.11 Å². The highest BCUT2D eigenvalue weighted by Gasteiger charge is 2.22. The normalized spacial score (nSPS) is 15.3. The van der Waals surface area contributed by atoms with Gasteiger partial charge in [-0.1, -0.05) is 63.9 Å². The Morgan fingerprint density at radius 3 is 2.07 bits per heavy atom. The zero-order valence-corrected chi connectivity index (χ0v) is 9.98. The fourth-order valence-electron chi connectivity index (χ4n) is 2.24. The first-order chi connectivity index (χ1) is 7.20. The molecule has 84 valence electrons. The van der Waals surface area contributed by atoms with Crippen LogP contribution in [0.2, 0.25) is 0 Å². The van der Waals surface area contributed by atoms with Gasteiger partial charge in [-0.25, -0.2) is 0 Å². The molecule has 0 heterocycles. The Balaban J connectivity index is 2.71. The van der Waals surface area contributed by atoms with Crippen LogP contribution >= 0.6 is 0 Å². The van der Waals surface area contributed by atoms with Crippen molar-refractivity contribution in [2.75, 3.05) is 0 Å². The van der Waals surface area contributed by atoms with Gasteiger partial charge in [0.2, 0.25) is 0 Å². The summed E-state index contributed by atoms with van der Waals surface area (Å²) in [7, 11) is 0. The van der Waals surface area contributed by atoms with E-state index in [0.717, 1.165) is 18.4 Å². The molecule has 2 unspecified atom stereocenters. The Bertz CT molecular complexity index is 264.